The summed E-state index contributed by atoms with van der Waals surface area (Å²) in [4.78, 5) is 23.1. The van der Waals surface area contributed by atoms with Crippen molar-refractivity contribution in [3.63, 3.8) is 0 Å². The van der Waals surface area contributed by atoms with E-state index in [1.807, 2.05) is 0 Å². The predicted molar refractivity (Wildman–Crippen MR) is 200 cm³/mol. The molecule has 0 fully saturated rings. The molecule has 0 radical (unpaired) electrons. The van der Waals surface area contributed by atoms with Crippen LogP contribution in [0.1, 0.15) is 239 Å². The SMILES string of the molecule is CCCCCCCC/C=C\CCCCCCCCCCCC(=O)OC(CCCCC)CCCCCCCCCCCCCC(=O)O. The fourth-order valence-corrected chi connectivity index (χ4v) is 6.42. The van der Waals surface area contributed by atoms with Crippen LogP contribution in [0, 0.1) is 0 Å². The molecule has 0 bridgehead atoms. The highest BCUT2D eigenvalue weighted by Crippen LogP contribution is 2.18. The highest BCUT2D eigenvalue weighted by Gasteiger charge is 2.14. The van der Waals surface area contributed by atoms with Crippen molar-refractivity contribution in [2.45, 2.75) is 245 Å². The normalized spacial score (nSPS) is 12.2. The molecular formula is C42H80O4. The third-order valence-electron chi connectivity index (χ3n) is 9.49. The van der Waals surface area contributed by atoms with E-state index < -0.39 is 5.97 Å². The van der Waals surface area contributed by atoms with E-state index in [0.717, 1.165) is 38.5 Å². The Hall–Kier alpha value is -1.32. The minimum absolute atomic E-state index is 0.0329. The van der Waals surface area contributed by atoms with Crippen molar-refractivity contribution in [2.75, 3.05) is 0 Å². The van der Waals surface area contributed by atoms with Crippen molar-refractivity contribution < 1.29 is 19.4 Å². The van der Waals surface area contributed by atoms with E-state index in [9.17, 15) is 9.59 Å². The molecular weight excluding hydrogens is 568 g/mol. The average Bonchev–Trinajstić information content (AvgIpc) is 3.04. The Bertz CT molecular complexity index is 658. The summed E-state index contributed by atoms with van der Waals surface area (Å²) in [6.07, 6.45) is 47.0. The van der Waals surface area contributed by atoms with Crippen LogP contribution in [-0.2, 0) is 14.3 Å². The van der Waals surface area contributed by atoms with Crippen LogP contribution < -0.4 is 0 Å². The van der Waals surface area contributed by atoms with Crippen molar-refractivity contribution in [2.24, 2.45) is 0 Å². The molecule has 0 aliphatic heterocycles. The van der Waals surface area contributed by atoms with Gasteiger partial charge < -0.3 is 9.84 Å². The number of rotatable bonds is 38. The fraction of sp³-hybridized carbons (Fsp3) is 0.905. The first-order chi connectivity index (χ1) is 22.6. The van der Waals surface area contributed by atoms with Gasteiger partial charge in [0.1, 0.15) is 6.10 Å². The summed E-state index contributed by atoms with van der Waals surface area (Å²) >= 11 is 0. The van der Waals surface area contributed by atoms with Gasteiger partial charge in [-0.05, 0) is 64.2 Å². The lowest BCUT2D eigenvalue weighted by atomic mass is 10.0. The molecule has 46 heavy (non-hydrogen) atoms. The zero-order valence-corrected chi connectivity index (χ0v) is 31.2. The number of allylic oxidation sites excluding steroid dienone is 2. The molecule has 0 aromatic heterocycles. The summed E-state index contributed by atoms with van der Waals surface area (Å²) in [7, 11) is 0. The van der Waals surface area contributed by atoms with Crippen LogP contribution in [0.5, 0.6) is 0 Å². The second kappa shape index (κ2) is 38.1. The maximum Gasteiger partial charge on any atom is 0.306 e. The molecule has 0 spiro atoms. The second-order valence-corrected chi connectivity index (χ2v) is 14.2. The second-order valence-electron chi connectivity index (χ2n) is 14.2. The van der Waals surface area contributed by atoms with Crippen LogP contribution in [0.25, 0.3) is 0 Å². The Morgan fingerprint density at radius 3 is 1.22 bits per heavy atom. The highest BCUT2D eigenvalue weighted by molar-refractivity contribution is 5.69. The minimum atomic E-state index is -0.671. The Morgan fingerprint density at radius 2 is 0.783 bits per heavy atom. The van der Waals surface area contributed by atoms with Crippen LogP contribution in [0.3, 0.4) is 0 Å². The maximum absolute atomic E-state index is 12.6. The molecule has 0 aliphatic rings. The van der Waals surface area contributed by atoms with Crippen molar-refractivity contribution in [3.8, 4) is 0 Å². The van der Waals surface area contributed by atoms with Crippen molar-refractivity contribution in [3.05, 3.63) is 12.2 Å². The molecule has 0 amide bonds. The van der Waals surface area contributed by atoms with E-state index in [4.69, 9.17) is 9.84 Å². The van der Waals surface area contributed by atoms with E-state index in [-0.39, 0.29) is 12.1 Å². The summed E-state index contributed by atoms with van der Waals surface area (Å²) in [5.74, 6) is -0.638. The molecule has 1 atom stereocenters. The van der Waals surface area contributed by atoms with Gasteiger partial charge in [-0.1, -0.05) is 174 Å². The van der Waals surface area contributed by atoms with E-state index in [1.54, 1.807) is 0 Å². The van der Waals surface area contributed by atoms with Crippen LogP contribution in [0.15, 0.2) is 12.2 Å². The highest BCUT2D eigenvalue weighted by atomic mass is 16.5. The average molecular weight is 649 g/mol. The van der Waals surface area contributed by atoms with Crippen LogP contribution in [-0.4, -0.2) is 23.1 Å². The fourth-order valence-electron chi connectivity index (χ4n) is 6.42. The molecule has 0 aromatic rings. The van der Waals surface area contributed by atoms with E-state index in [2.05, 4.69) is 26.0 Å². The maximum atomic E-state index is 12.6. The summed E-state index contributed by atoms with van der Waals surface area (Å²) in [6, 6.07) is 0. The Morgan fingerprint density at radius 1 is 0.457 bits per heavy atom. The van der Waals surface area contributed by atoms with Crippen molar-refractivity contribution in [1.82, 2.24) is 0 Å². The summed E-state index contributed by atoms with van der Waals surface area (Å²) in [5, 5.41) is 8.69. The van der Waals surface area contributed by atoms with Crippen LogP contribution >= 0.6 is 0 Å². The van der Waals surface area contributed by atoms with Gasteiger partial charge >= 0.3 is 11.9 Å². The molecule has 1 unspecified atom stereocenters. The third kappa shape index (κ3) is 37.1. The van der Waals surface area contributed by atoms with Gasteiger partial charge in [-0.2, -0.15) is 0 Å². The quantitative estimate of drug-likeness (QED) is 0.0411. The molecule has 0 aromatic carbocycles. The third-order valence-corrected chi connectivity index (χ3v) is 9.49. The lowest BCUT2D eigenvalue weighted by Gasteiger charge is -2.18. The topological polar surface area (TPSA) is 63.6 Å². The monoisotopic (exact) mass is 649 g/mol. The number of esters is 1. The molecule has 4 heteroatoms. The number of aliphatic carboxylic acids is 1. The van der Waals surface area contributed by atoms with Gasteiger partial charge in [0.05, 0.1) is 0 Å². The molecule has 0 saturated carbocycles. The number of ether oxygens (including phenoxy) is 1. The van der Waals surface area contributed by atoms with Crippen molar-refractivity contribution >= 4 is 11.9 Å². The first-order valence-electron chi connectivity index (χ1n) is 20.7. The number of hydrogen-bond acceptors (Lipinski definition) is 3. The molecule has 0 heterocycles. The zero-order valence-electron chi connectivity index (χ0n) is 31.2. The van der Waals surface area contributed by atoms with Gasteiger partial charge in [-0.15, -0.1) is 0 Å². The number of hydrogen-bond donors (Lipinski definition) is 1. The number of carboxylic acid groups (broad SMARTS) is 1. The van der Waals surface area contributed by atoms with Gasteiger partial charge in [0.15, 0.2) is 0 Å². The minimum Gasteiger partial charge on any atom is -0.481 e. The molecule has 0 rings (SSSR count). The van der Waals surface area contributed by atoms with E-state index in [0.29, 0.717) is 12.8 Å². The van der Waals surface area contributed by atoms with Gasteiger partial charge in [-0.25, -0.2) is 0 Å². The first kappa shape index (κ1) is 44.7. The molecule has 272 valence electrons. The van der Waals surface area contributed by atoms with Gasteiger partial charge in [0, 0.05) is 12.8 Å². The molecule has 4 nitrogen and oxygen atoms in total. The van der Waals surface area contributed by atoms with Crippen LogP contribution in [0.2, 0.25) is 0 Å². The number of unbranched alkanes of at least 4 members (excludes halogenated alkanes) is 27. The number of carbonyl (C=O) groups is 2. The lowest BCUT2D eigenvalue weighted by Crippen LogP contribution is -2.18. The largest absolute Gasteiger partial charge is 0.481 e. The molecule has 0 aliphatic carbocycles. The Labute approximate surface area is 287 Å². The first-order valence-corrected chi connectivity index (χ1v) is 20.7. The summed E-state index contributed by atoms with van der Waals surface area (Å²) < 4.78 is 5.97. The summed E-state index contributed by atoms with van der Waals surface area (Å²) in [6.45, 7) is 4.52. The van der Waals surface area contributed by atoms with E-state index >= 15 is 0 Å². The number of carbonyl (C=O) groups excluding carboxylic acids is 1. The molecule has 0 saturated heterocycles. The Kier molecular flexibility index (Phi) is 37.0. The molecule has 1 N–H and O–H groups in total. The zero-order chi connectivity index (χ0) is 33.6. The number of carboxylic acids is 1. The van der Waals surface area contributed by atoms with Gasteiger partial charge in [0.2, 0.25) is 0 Å². The smallest absolute Gasteiger partial charge is 0.306 e. The van der Waals surface area contributed by atoms with Gasteiger partial charge in [0.25, 0.3) is 0 Å². The van der Waals surface area contributed by atoms with E-state index in [1.165, 1.54) is 173 Å². The summed E-state index contributed by atoms with van der Waals surface area (Å²) in [5.41, 5.74) is 0. The van der Waals surface area contributed by atoms with Gasteiger partial charge in [-0.3, -0.25) is 9.59 Å². The predicted octanol–water partition coefficient (Wildman–Crippen LogP) is 14.2. The van der Waals surface area contributed by atoms with Crippen molar-refractivity contribution in [1.29, 1.82) is 0 Å². The lowest BCUT2D eigenvalue weighted by molar-refractivity contribution is -0.150. The standard InChI is InChI=1S/C42H80O4/c1-3-5-7-8-9-10-11-12-13-14-15-16-17-18-22-25-28-31-35-39-42(45)46-40(36-32-6-4-2)37-33-29-26-23-20-19-21-24-27-30-34-38-41(43)44/h12-13,40H,3-11,14-39H2,1-2H3,(H,43,44)/b13-12-. The Balaban J connectivity index is 3.67. The van der Waals surface area contributed by atoms with Crippen LogP contribution in [0.4, 0.5) is 0 Å².